The van der Waals surface area contributed by atoms with Gasteiger partial charge in [0.25, 0.3) is 0 Å². The molecule has 1 N–H and O–H groups in total. The second kappa shape index (κ2) is 9.45. The summed E-state index contributed by atoms with van der Waals surface area (Å²) >= 11 is 6.06. The number of benzene rings is 2. The van der Waals surface area contributed by atoms with E-state index in [1.807, 2.05) is 24.3 Å². The maximum Gasteiger partial charge on any atom is 0.116 e. The van der Waals surface area contributed by atoms with Gasteiger partial charge in [-0.1, -0.05) is 41.4 Å². The number of allylic oxidation sites excluding steroid dienone is 1. The molecule has 2 aromatic carbocycles. The highest BCUT2D eigenvalue weighted by molar-refractivity contribution is 6.30. The molecule has 1 aliphatic rings. The molecule has 0 spiro atoms. The van der Waals surface area contributed by atoms with E-state index in [2.05, 4.69) is 37.2 Å². The number of aromatic hydroxyl groups is 1. The molecular weight excluding hydrogens is 365 g/mol. The summed E-state index contributed by atoms with van der Waals surface area (Å²) in [5.74, 6) is 0.829. The second-order valence-corrected chi connectivity index (χ2v) is 7.65. The Kier molecular flexibility index (Phi) is 7.57. The van der Waals surface area contributed by atoms with E-state index in [0.29, 0.717) is 11.7 Å². The van der Waals surface area contributed by atoms with Crippen LogP contribution in [0.25, 0.3) is 5.57 Å². The predicted molar refractivity (Wildman–Crippen MR) is 113 cm³/mol. The molecular formula is C22H27Cl2NO. The van der Waals surface area contributed by atoms with Crippen LogP contribution in [-0.2, 0) is 0 Å². The Balaban J connectivity index is 0.00000243. The van der Waals surface area contributed by atoms with Gasteiger partial charge in [-0.2, -0.15) is 0 Å². The molecule has 0 saturated carbocycles. The third-order valence-corrected chi connectivity index (χ3v) is 5.20. The average Bonchev–Trinajstić information content (AvgIpc) is 2.78. The number of nitrogens with zero attached hydrogens (tertiary/aromatic N) is 1. The van der Waals surface area contributed by atoms with Crippen molar-refractivity contribution < 1.29 is 5.11 Å². The zero-order valence-electron chi connectivity index (χ0n) is 15.4. The monoisotopic (exact) mass is 391 g/mol. The standard InChI is InChI=1S/C22H26ClNO.ClH/c1-24(2)15-19-7-3-5-17(16-9-11-20(23)12-10-16)14-22(19)18-6-4-8-21(25)13-18;/h4,6,8-13,17,25H,3,5,7,14-15H2,1-2H3;1H. The van der Waals surface area contributed by atoms with E-state index in [0.717, 1.165) is 30.0 Å². The van der Waals surface area contributed by atoms with Crippen molar-refractivity contribution >= 4 is 29.6 Å². The van der Waals surface area contributed by atoms with Crippen LogP contribution < -0.4 is 0 Å². The first-order valence-corrected chi connectivity index (χ1v) is 9.31. The van der Waals surface area contributed by atoms with Crippen LogP contribution in [0.4, 0.5) is 0 Å². The topological polar surface area (TPSA) is 23.5 Å². The third kappa shape index (κ3) is 5.26. The van der Waals surface area contributed by atoms with Gasteiger partial charge in [0.05, 0.1) is 0 Å². The van der Waals surface area contributed by atoms with Crippen molar-refractivity contribution in [2.24, 2.45) is 0 Å². The van der Waals surface area contributed by atoms with Crippen LogP contribution in [0.2, 0.25) is 5.02 Å². The van der Waals surface area contributed by atoms with Gasteiger partial charge in [-0.25, -0.2) is 0 Å². The fourth-order valence-electron chi connectivity index (χ4n) is 3.80. The Morgan fingerprint density at radius 2 is 1.85 bits per heavy atom. The quantitative estimate of drug-likeness (QED) is 0.676. The maximum atomic E-state index is 9.95. The van der Waals surface area contributed by atoms with Gasteiger partial charge < -0.3 is 10.0 Å². The van der Waals surface area contributed by atoms with E-state index in [1.54, 1.807) is 6.07 Å². The number of phenolic OH excluding ortho intramolecular Hbond substituents is 1. The summed E-state index contributed by atoms with van der Waals surface area (Å²) in [6.45, 7) is 0.971. The number of rotatable bonds is 4. The first kappa shape index (κ1) is 20.8. The van der Waals surface area contributed by atoms with Crippen LogP contribution in [0.15, 0.2) is 54.1 Å². The molecule has 0 amide bonds. The molecule has 1 unspecified atom stereocenters. The number of halogens is 2. The van der Waals surface area contributed by atoms with Crippen molar-refractivity contribution in [1.82, 2.24) is 4.90 Å². The molecule has 3 rings (SSSR count). The molecule has 0 heterocycles. The maximum absolute atomic E-state index is 9.95. The van der Waals surface area contributed by atoms with Gasteiger partial charge in [-0.3, -0.25) is 0 Å². The number of likely N-dealkylation sites (N-methyl/N-ethyl adjacent to an activating group) is 1. The van der Waals surface area contributed by atoms with E-state index in [-0.39, 0.29) is 12.4 Å². The fourth-order valence-corrected chi connectivity index (χ4v) is 3.92. The Labute approximate surface area is 167 Å². The minimum absolute atomic E-state index is 0. The van der Waals surface area contributed by atoms with Crippen LogP contribution in [0.1, 0.15) is 42.7 Å². The first-order chi connectivity index (χ1) is 12.0. The lowest BCUT2D eigenvalue weighted by Gasteiger charge is -2.20. The van der Waals surface area contributed by atoms with Crippen LogP contribution in [0.3, 0.4) is 0 Å². The SMILES string of the molecule is CN(C)CC1=C(c2cccc(O)c2)CC(c2ccc(Cl)cc2)CCC1.Cl. The summed E-state index contributed by atoms with van der Waals surface area (Å²) in [6.07, 6.45) is 4.50. The molecule has 0 radical (unpaired) electrons. The summed E-state index contributed by atoms with van der Waals surface area (Å²) in [5, 5.41) is 10.7. The lowest BCUT2D eigenvalue weighted by atomic mass is 9.87. The van der Waals surface area contributed by atoms with Crippen molar-refractivity contribution in [2.75, 3.05) is 20.6 Å². The number of hydrogen-bond acceptors (Lipinski definition) is 2. The Morgan fingerprint density at radius 1 is 1.12 bits per heavy atom. The highest BCUT2D eigenvalue weighted by Gasteiger charge is 2.22. The van der Waals surface area contributed by atoms with Crippen LogP contribution >= 0.6 is 24.0 Å². The molecule has 26 heavy (non-hydrogen) atoms. The minimum Gasteiger partial charge on any atom is -0.508 e. The molecule has 0 fully saturated rings. The van der Waals surface area contributed by atoms with Crippen molar-refractivity contribution in [3.05, 3.63) is 70.3 Å². The molecule has 1 aliphatic carbocycles. The van der Waals surface area contributed by atoms with Gasteiger partial charge in [-0.15, -0.1) is 12.4 Å². The van der Waals surface area contributed by atoms with E-state index in [4.69, 9.17) is 11.6 Å². The molecule has 0 saturated heterocycles. The summed E-state index contributed by atoms with van der Waals surface area (Å²) < 4.78 is 0. The summed E-state index contributed by atoms with van der Waals surface area (Å²) in [5.41, 5.74) is 5.39. The largest absolute Gasteiger partial charge is 0.508 e. The molecule has 140 valence electrons. The third-order valence-electron chi connectivity index (χ3n) is 4.95. The molecule has 1 atom stereocenters. The van der Waals surface area contributed by atoms with E-state index >= 15 is 0 Å². The van der Waals surface area contributed by atoms with Crippen LogP contribution in [0.5, 0.6) is 5.75 Å². The number of hydrogen-bond donors (Lipinski definition) is 1. The van der Waals surface area contributed by atoms with Crippen molar-refractivity contribution in [2.45, 2.75) is 31.6 Å². The highest BCUT2D eigenvalue weighted by Crippen LogP contribution is 2.40. The molecule has 2 nitrogen and oxygen atoms in total. The van der Waals surface area contributed by atoms with Crippen LogP contribution in [0, 0.1) is 0 Å². The zero-order chi connectivity index (χ0) is 17.8. The summed E-state index contributed by atoms with van der Waals surface area (Å²) in [6, 6.07) is 16.0. The highest BCUT2D eigenvalue weighted by atomic mass is 35.5. The minimum atomic E-state index is 0. The molecule has 0 aromatic heterocycles. The van der Waals surface area contributed by atoms with Gasteiger partial charge in [-0.05, 0) is 86.7 Å². The van der Waals surface area contributed by atoms with Gasteiger partial charge in [0.15, 0.2) is 0 Å². The van der Waals surface area contributed by atoms with E-state index in [1.165, 1.54) is 29.6 Å². The van der Waals surface area contributed by atoms with E-state index < -0.39 is 0 Å². The van der Waals surface area contributed by atoms with Gasteiger partial charge in [0.2, 0.25) is 0 Å². The van der Waals surface area contributed by atoms with Crippen molar-refractivity contribution in [3.8, 4) is 5.75 Å². The average molecular weight is 392 g/mol. The molecule has 0 aliphatic heterocycles. The smallest absolute Gasteiger partial charge is 0.116 e. The van der Waals surface area contributed by atoms with Crippen molar-refractivity contribution in [1.29, 1.82) is 0 Å². The fraction of sp³-hybridized carbons (Fsp3) is 0.364. The van der Waals surface area contributed by atoms with Gasteiger partial charge in [0, 0.05) is 11.6 Å². The summed E-state index contributed by atoms with van der Waals surface area (Å²) in [7, 11) is 4.24. The second-order valence-electron chi connectivity index (χ2n) is 7.22. The lowest BCUT2D eigenvalue weighted by molar-refractivity contribution is 0.438. The predicted octanol–water partition coefficient (Wildman–Crippen LogP) is 6.14. The Hall–Kier alpha value is -1.48. The molecule has 2 aromatic rings. The molecule has 0 bridgehead atoms. The van der Waals surface area contributed by atoms with Crippen LogP contribution in [-0.4, -0.2) is 30.6 Å². The van der Waals surface area contributed by atoms with Gasteiger partial charge in [0.1, 0.15) is 5.75 Å². The number of phenols is 1. The summed E-state index contributed by atoms with van der Waals surface area (Å²) in [4.78, 5) is 2.24. The Bertz CT molecular complexity index is 753. The van der Waals surface area contributed by atoms with E-state index in [9.17, 15) is 5.11 Å². The first-order valence-electron chi connectivity index (χ1n) is 8.93. The lowest BCUT2D eigenvalue weighted by Crippen LogP contribution is -2.16. The zero-order valence-corrected chi connectivity index (χ0v) is 17.0. The molecule has 4 heteroatoms. The van der Waals surface area contributed by atoms with Gasteiger partial charge >= 0.3 is 0 Å². The Morgan fingerprint density at radius 3 is 2.50 bits per heavy atom. The van der Waals surface area contributed by atoms with Crippen molar-refractivity contribution in [3.63, 3.8) is 0 Å². The normalized spacial score (nSPS) is 17.8.